The highest BCUT2D eigenvalue weighted by molar-refractivity contribution is 5.83. The van der Waals surface area contributed by atoms with Gasteiger partial charge in [-0.15, -0.1) is 0 Å². The minimum atomic E-state index is -1.96. The molecule has 4 rings (SSSR count). The number of esters is 1. The molecule has 2 bridgehead atoms. The van der Waals surface area contributed by atoms with Crippen LogP contribution in [0.2, 0.25) is 0 Å². The van der Waals surface area contributed by atoms with Crippen molar-refractivity contribution in [1.29, 1.82) is 0 Å². The molecular weight excluding hydrogens is 458 g/mol. The van der Waals surface area contributed by atoms with E-state index in [1.165, 1.54) is 23.0 Å². The van der Waals surface area contributed by atoms with Gasteiger partial charge in [-0.2, -0.15) is 0 Å². The lowest BCUT2D eigenvalue weighted by Gasteiger charge is -2.47. The van der Waals surface area contributed by atoms with Crippen LogP contribution in [0.15, 0.2) is 12.1 Å². The van der Waals surface area contributed by atoms with Gasteiger partial charge in [-0.1, -0.05) is 32.6 Å². The number of nitrogens with zero attached hydrogens (tertiary/aromatic N) is 2. The lowest BCUT2D eigenvalue weighted by molar-refractivity contribution is -0.250. The molecule has 11 heteroatoms. The summed E-state index contributed by atoms with van der Waals surface area (Å²) in [4.78, 5) is 55.3. The smallest absolute Gasteiger partial charge is 0.404 e. The van der Waals surface area contributed by atoms with Crippen LogP contribution in [0.25, 0.3) is 0 Å². The number of hydrogen-bond donors (Lipinski definition) is 2. The first-order valence-electron chi connectivity index (χ1n) is 11.9. The van der Waals surface area contributed by atoms with Gasteiger partial charge in [-0.25, -0.2) is 14.7 Å². The molecule has 0 spiro atoms. The number of anilines is 1. The number of aldehydes is 1. The monoisotopic (exact) mass is 489 g/mol. The van der Waals surface area contributed by atoms with Crippen LogP contribution in [0.1, 0.15) is 74.2 Å². The zero-order valence-corrected chi connectivity index (χ0v) is 19.9. The Labute approximate surface area is 203 Å². The Hall–Kier alpha value is -3.18. The van der Waals surface area contributed by atoms with E-state index in [0.29, 0.717) is 24.0 Å². The summed E-state index contributed by atoms with van der Waals surface area (Å²) in [5, 5.41) is 13.1. The predicted molar refractivity (Wildman–Crippen MR) is 123 cm³/mol. The van der Waals surface area contributed by atoms with Crippen LogP contribution in [0.3, 0.4) is 0 Å². The quantitative estimate of drug-likeness (QED) is 0.165. The van der Waals surface area contributed by atoms with Crippen LogP contribution in [-0.4, -0.2) is 65.3 Å². The van der Waals surface area contributed by atoms with Gasteiger partial charge in [0.2, 0.25) is 11.7 Å². The Balaban J connectivity index is 1.68. The second-order valence-electron chi connectivity index (χ2n) is 9.23. The summed E-state index contributed by atoms with van der Waals surface area (Å²) in [6.45, 7) is 3.36. The van der Waals surface area contributed by atoms with E-state index in [1.54, 1.807) is 6.07 Å². The molecule has 3 N–H and O–H groups in total. The number of amides is 2. The molecule has 2 fully saturated rings. The molecule has 0 saturated carbocycles. The minimum Gasteiger partial charge on any atom is -0.449 e. The van der Waals surface area contributed by atoms with Gasteiger partial charge < -0.3 is 25.2 Å². The van der Waals surface area contributed by atoms with E-state index in [2.05, 4.69) is 6.92 Å². The summed E-state index contributed by atoms with van der Waals surface area (Å²) < 4.78 is 10.7. The molecule has 4 unspecified atom stereocenters. The number of ether oxygens (including phenoxy) is 2. The molecule has 190 valence electrons. The summed E-state index contributed by atoms with van der Waals surface area (Å²) in [6, 6.07) is 1.95. The number of aliphatic hydroxyl groups is 1. The fourth-order valence-corrected chi connectivity index (χ4v) is 5.19. The number of primary amides is 1. The number of nitrogens with two attached hydrogens (primary N) is 1. The molecule has 35 heavy (non-hydrogen) atoms. The first-order valence-corrected chi connectivity index (χ1v) is 11.9. The van der Waals surface area contributed by atoms with Gasteiger partial charge in [0.1, 0.15) is 24.7 Å². The highest BCUT2D eigenvalue weighted by atomic mass is 16.8. The van der Waals surface area contributed by atoms with E-state index in [4.69, 9.17) is 20.0 Å². The predicted octanol–water partition coefficient (Wildman–Crippen LogP) is 2.00. The van der Waals surface area contributed by atoms with Crippen LogP contribution >= 0.6 is 0 Å². The average Bonchev–Trinajstić information content (AvgIpc) is 3.54. The van der Waals surface area contributed by atoms with Crippen LogP contribution in [0.5, 0.6) is 5.75 Å². The van der Waals surface area contributed by atoms with Crippen molar-refractivity contribution in [1.82, 2.24) is 4.90 Å². The maximum Gasteiger partial charge on any atom is 0.404 e. The molecule has 4 atom stereocenters. The molecule has 0 aromatic heterocycles. The number of fused-ring (bicyclic) bond motifs is 6. The molecule has 3 aliphatic heterocycles. The van der Waals surface area contributed by atoms with E-state index in [1.807, 2.05) is 0 Å². The van der Waals surface area contributed by atoms with Crippen molar-refractivity contribution in [3.63, 3.8) is 0 Å². The Morgan fingerprint density at radius 3 is 2.66 bits per heavy atom. The maximum atomic E-state index is 12.7. The molecule has 1 aromatic rings. The van der Waals surface area contributed by atoms with Gasteiger partial charge in [0.25, 0.3) is 0 Å². The highest BCUT2D eigenvalue weighted by Gasteiger charge is 2.71. The Kier molecular flexibility index (Phi) is 7.00. The van der Waals surface area contributed by atoms with Crippen LogP contribution < -0.4 is 15.5 Å². The van der Waals surface area contributed by atoms with Crippen LogP contribution in [0, 0.1) is 0 Å². The number of carbonyl (C=O) groups is 4. The molecule has 1 aromatic carbocycles. The summed E-state index contributed by atoms with van der Waals surface area (Å²) in [7, 11) is 0. The Bertz CT molecular complexity index is 1030. The number of rotatable bonds is 10. The number of benzene rings is 1. The largest absolute Gasteiger partial charge is 0.449 e. The van der Waals surface area contributed by atoms with E-state index in [-0.39, 0.29) is 42.8 Å². The van der Waals surface area contributed by atoms with E-state index in [0.717, 1.165) is 25.7 Å². The van der Waals surface area contributed by atoms with Gasteiger partial charge in [-0.05, 0) is 18.6 Å². The van der Waals surface area contributed by atoms with Crippen molar-refractivity contribution in [3.8, 4) is 5.75 Å². The fourth-order valence-electron chi connectivity index (χ4n) is 5.19. The summed E-state index contributed by atoms with van der Waals surface area (Å²) >= 11 is 0. The molecule has 2 amide bonds. The third kappa shape index (κ3) is 4.70. The average molecular weight is 490 g/mol. The zero-order valence-electron chi connectivity index (χ0n) is 19.9. The fraction of sp³-hybridized carbons (Fsp3) is 0.583. The van der Waals surface area contributed by atoms with E-state index < -0.39 is 29.8 Å². The number of carbonyl (C=O) groups excluding carboxylic acids is 4. The van der Waals surface area contributed by atoms with E-state index >= 15 is 0 Å². The highest BCUT2D eigenvalue weighted by Crippen LogP contribution is 2.56. The maximum absolute atomic E-state index is 12.7. The number of hydrogen-bond acceptors (Lipinski definition) is 9. The summed E-state index contributed by atoms with van der Waals surface area (Å²) in [5.41, 5.74) is 6.15. The second-order valence-corrected chi connectivity index (χ2v) is 9.23. The second kappa shape index (κ2) is 9.82. The van der Waals surface area contributed by atoms with Gasteiger partial charge in [0, 0.05) is 24.5 Å². The van der Waals surface area contributed by atoms with Crippen molar-refractivity contribution in [2.75, 3.05) is 18.2 Å². The van der Waals surface area contributed by atoms with Gasteiger partial charge in [0.05, 0.1) is 24.2 Å². The molecule has 2 saturated heterocycles. The first kappa shape index (κ1) is 24.9. The van der Waals surface area contributed by atoms with Crippen molar-refractivity contribution < 1.29 is 38.6 Å². The number of hydroxylamine groups is 1. The molecule has 3 aliphatic rings. The molecule has 3 heterocycles. The minimum absolute atomic E-state index is 0.0708. The Morgan fingerprint density at radius 1 is 1.26 bits per heavy atom. The van der Waals surface area contributed by atoms with Gasteiger partial charge in [0.15, 0.2) is 0 Å². The van der Waals surface area contributed by atoms with Crippen molar-refractivity contribution in [2.24, 2.45) is 5.73 Å². The topological polar surface area (TPSA) is 148 Å². The van der Waals surface area contributed by atoms with Crippen molar-refractivity contribution in [3.05, 3.63) is 23.3 Å². The zero-order chi connectivity index (χ0) is 25.3. The van der Waals surface area contributed by atoms with Gasteiger partial charge >= 0.3 is 12.1 Å². The molecular formula is C24H31N3O8. The van der Waals surface area contributed by atoms with Gasteiger partial charge in [-0.3, -0.25) is 14.4 Å². The Morgan fingerprint density at radius 2 is 2.00 bits per heavy atom. The van der Waals surface area contributed by atoms with Crippen molar-refractivity contribution >= 4 is 29.9 Å². The number of unbranched alkanes of at least 4 members (excludes halogenated alkanes) is 4. The van der Waals surface area contributed by atoms with E-state index in [9.17, 15) is 24.3 Å². The van der Waals surface area contributed by atoms with Crippen LogP contribution in [0.4, 0.5) is 10.5 Å². The lowest BCUT2D eigenvalue weighted by atomic mass is 9.82. The third-order valence-electron chi connectivity index (χ3n) is 6.82. The third-order valence-corrected chi connectivity index (χ3v) is 6.82. The molecule has 0 radical (unpaired) electrons. The standard InChI is InChI=1S/C24H31N3O8/c1-3-4-5-6-7-8-20(30)34-19-10-15(12-28)9-17-21(19)16(13-33-23(25)31)24(32)22-18(11-26(17)35-24)27(22)14(2)29/h9-10,12,16,18,22,32H,3-8,11,13H2,1-2H3,(H2,25,31). The lowest BCUT2D eigenvalue weighted by Crippen LogP contribution is -2.59. The SMILES string of the molecule is CCCCCCCC(=O)Oc1cc(C=O)cc2c1C(COC(N)=O)C1(O)ON2CC2C1N2C(C)=O. The normalized spacial score (nSPS) is 25.9. The summed E-state index contributed by atoms with van der Waals surface area (Å²) in [5.74, 6) is -3.64. The molecule has 0 aliphatic carbocycles. The van der Waals surface area contributed by atoms with Crippen LogP contribution in [-0.2, 0) is 19.2 Å². The first-order chi connectivity index (χ1) is 16.7. The molecule has 11 nitrogen and oxygen atoms in total. The summed E-state index contributed by atoms with van der Waals surface area (Å²) in [6.07, 6.45) is 4.53. The van der Waals surface area contributed by atoms with Crippen molar-refractivity contribution in [2.45, 2.75) is 76.2 Å².